The first kappa shape index (κ1) is 16.3. The van der Waals surface area contributed by atoms with Crippen molar-refractivity contribution in [3.05, 3.63) is 21.4 Å². The monoisotopic (exact) mass is 323 g/mol. The molecule has 0 aliphatic carbocycles. The molecule has 1 aliphatic rings. The Hall–Kier alpha value is -1.12. The van der Waals surface area contributed by atoms with E-state index in [4.69, 9.17) is 4.74 Å². The minimum absolute atomic E-state index is 0.0133. The Bertz CT molecular complexity index is 492. The van der Waals surface area contributed by atoms with Gasteiger partial charge in [-0.15, -0.1) is 11.3 Å². The van der Waals surface area contributed by atoms with E-state index in [1.54, 1.807) is 6.07 Å². The summed E-state index contributed by atoms with van der Waals surface area (Å²) in [7, 11) is 0. The van der Waals surface area contributed by atoms with Crippen molar-refractivity contribution >= 4 is 17.2 Å². The maximum absolute atomic E-state index is 12.5. The van der Waals surface area contributed by atoms with E-state index in [0.29, 0.717) is 24.5 Å². The zero-order chi connectivity index (χ0) is 15.6. The van der Waals surface area contributed by atoms with Gasteiger partial charge in [-0.1, -0.05) is 6.92 Å². The molecule has 21 heavy (non-hydrogen) atoms. The Labute approximate surface area is 123 Å². The Morgan fingerprint density at radius 3 is 2.86 bits per heavy atom. The van der Waals surface area contributed by atoms with E-state index < -0.39 is 24.2 Å². The molecule has 0 radical (unpaired) electrons. The summed E-state index contributed by atoms with van der Waals surface area (Å²) in [6, 6.07) is 0.286. The third kappa shape index (κ3) is 3.75. The van der Waals surface area contributed by atoms with Crippen LogP contribution in [0.2, 0.25) is 0 Å². The fourth-order valence-electron chi connectivity index (χ4n) is 2.13. The lowest BCUT2D eigenvalue weighted by molar-refractivity contribution is -0.211. The van der Waals surface area contributed by atoms with E-state index in [-0.39, 0.29) is 6.42 Å². The number of hydrogen-bond acceptors (Lipinski definition) is 4. The summed E-state index contributed by atoms with van der Waals surface area (Å²) >= 11 is 1.26. The van der Waals surface area contributed by atoms with Gasteiger partial charge in [-0.3, -0.25) is 4.79 Å². The molecule has 4 nitrogen and oxygen atoms in total. The van der Waals surface area contributed by atoms with Gasteiger partial charge in [-0.25, -0.2) is 0 Å². The number of carbonyl (C=O) groups is 1. The molecule has 8 heteroatoms. The SMILES string of the molecule is CCC(NC(=O)c1cc2c(s1)CCOC2)C(O)C(F)(F)F. The predicted molar refractivity (Wildman–Crippen MR) is 71.3 cm³/mol. The maximum Gasteiger partial charge on any atom is 0.416 e. The van der Waals surface area contributed by atoms with Crippen LogP contribution in [0.4, 0.5) is 13.2 Å². The molecular weight excluding hydrogens is 307 g/mol. The lowest BCUT2D eigenvalue weighted by Crippen LogP contribution is -2.49. The van der Waals surface area contributed by atoms with Crippen LogP contribution in [0.1, 0.15) is 33.5 Å². The molecule has 1 aromatic rings. The molecule has 0 spiro atoms. The second-order valence-corrected chi connectivity index (χ2v) is 5.97. The number of aliphatic hydroxyl groups is 1. The quantitative estimate of drug-likeness (QED) is 0.893. The van der Waals surface area contributed by atoms with Gasteiger partial charge in [0.1, 0.15) is 0 Å². The second-order valence-electron chi connectivity index (χ2n) is 4.84. The fourth-order valence-corrected chi connectivity index (χ4v) is 3.18. The topological polar surface area (TPSA) is 58.6 Å². The summed E-state index contributed by atoms with van der Waals surface area (Å²) in [6.07, 6.45) is -6.63. The summed E-state index contributed by atoms with van der Waals surface area (Å²) in [4.78, 5) is 13.4. The van der Waals surface area contributed by atoms with Gasteiger partial charge < -0.3 is 15.2 Å². The van der Waals surface area contributed by atoms with E-state index in [1.807, 2.05) is 0 Å². The summed E-state index contributed by atoms with van der Waals surface area (Å²) in [6.45, 7) is 2.48. The zero-order valence-corrected chi connectivity index (χ0v) is 12.2. The van der Waals surface area contributed by atoms with Gasteiger partial charge in [0, 0.05) is 11.3 Å². The minimum atomic E-state index is -4.75. The van der Waals surface area contributed by atoms with Crippen molar-refractivity contribution in [2.45, 2.75) is 44.7 Å². The normalized spacial score (nSPS) is 18.0. The molecule has 1 aliphatic heterocycles. The van der Waals surface area contributed by atoms with Crippen molar-refractivity contribution in [2.24, 2.45) is 0 Å². The average molecular weight is 323 g/mol. The Morgan fingerprint density at radius 1 is 1.57 bits per heavy atom. The van der Waals surface area contributed by atoms with E-state index in [0.717, 1.165) is 10.4 Å². The van der Waals surface area contributed by atoms with Crippen molar-refractivity contribution in [1.82, 2.24) is 5.32 Å². The van der Waals surface area contributed by atoms with E-state index in [1.165, 1.54) is 18.3 Å². The molecule has 0 saturated carbocycles. The van der Waals surface area contributed by atoms with Crippen LogP contribution in [-0.2, 0) is 17.8 Å². The molecule has 2 heterocycles. The number of nitrogens with one attached hydrogen (secondary N) is 1. The number of halogens is 3. The smallest absolute Gasteiger partial charge is 0.382 e. The second kappa shape index (κ2) is 6.33. The molecule has 2 atom stereocenters. The van der Waals surface area contributed by atoms with Crippen LogP contribution in [0.15, 0.2) is 6.07 Å². The number of hydrogen-bond donors (Lipinski definition) is 2. The van der Waals surface area contributed by atoms with Crippen LogP contribution < -0.4 is 5.32 Å². The molecular formula is C13H16F3NO3S. The zero-order valence-electron chi connectivity index (χ0n) is 11.4. The molecule has 0 saturated heterocycles. The molecule has 118 valence electrons. The van der Waals surface area contributed by atoms with Crippen LogP contribution >= 0.6 is 11.3 Å². The minimum Gasteiger partial charge on any atom is -0.382 e. The largest absolute Gasteiger partial charge is 0.416 e. The van der Waals surface area contributed by atoms with Gasteiger partial charge in [-0.05, 0) is 18.1 Å². The van der Waals surface area contributed by atoms with Crippen LogP contribution in [-0.4, -0.2) is 35.9 Å². The highest BCUT2D eigenvalue weighted by Crippen LogP contribution is 2.28. The number of rotatable bonds is 4. The van der Waals surface area contributed by atoms with Crippen LogP contribution in [0.25, 0.3) is 0 Å². The van der Waals surface area contributed by atoms with Gasteiger partial charge in [0.15, 0.2) is 6.10 Å². The van der Waals surface area contributed by atoms with Crippen molar-refractivity contribution in [2.75, 3.05) is 6.61 Å². The highest BCUT2D eigenvalue weighted by atomic mass is 32.1. The first-order chi connectivity index (χ1) is 9.82. The van der Waals surface area contributed by atoms with Crippen molar-refractivity contribution in [3.8, 4) is 0 Å². The first-order valence-electron chi connectivity index (χ1n) is 6.58. The van der Waals surface area contributed by atoms with Gasteiger partial charge in [0.25, 0.3) is 5.91 Å². The van der Waals surface area contributed by atoms with Gasteiger partial charge in [0.2, 0.25) is 0 Å². The first-order valence-corrected chi connectivity index (χ1v) is 7.39. The third-order valence-corrected chi connectivity index (χ3v) is 4.56. The van der Waals surface area contributed by atoms with Crippen molar-refractivity contribution in [1.29, 1.82) is 0 Å². The fraction of sp³-hybridized carbons (Fsp3) is 0.615. The van der Waals surface area contributed by atoms with Crippen LogP contribution in [0.3, 0.4) is 0 Å². The van der Waals surface area contributed by atoms with E-state index in [9.17, 15) is 23.1 Å². The summed E-state index contributed by atoms with van der Waals surface area (Å²) in [5.74, 6) is -0.593. The molecule has 1 aromatic heterocycles. The number of thiophene rings is 1. The van der Waals surface area contributed by atoms with Crippen LogP contribution in [0.5, 0.6) is 0 Å². The van der Waals surface area contributed by atoms with Crippen molar-refractivity contribution < 1.29 is 27.8 Å². The van der Waals surface area contributed by atoms with E-state index >= 15 is 0 Å². The summed E-state index contributed by atoms with van der Waals surface area (Å²) in [5.41, 5.74) is 0.904. The van der Waals surface area contributed by atoms with E-state index in [2.05, 4.69) is 5.32 Å². The lowest BCUT2D eigenvalue weighted by Gasteiger charge is -2.24. The highest BCUT2D eigenvalue weighted by Gasteiger charge is 2.43. The number of ether oxygens (including phenoxy) is 1. The molecule has 1 amide bonds. The maximum atomic E-state index is 12.5. The Balaban J connectivity index is 2.07. The number of alkyl halides is 3. The van der Waals surface area contributed by atoms with Crippen LogP contribution in [0, 0.1) is 0 Å². The Morgan fingerprint density at radius 2 is 2.29 bits per heavy atom. The highest BCUT2D eigenvalue weighted by molar-refractivity contribution is 7.14. The molecule has 2 N–H and O–H groups in total. The predicted octanol–water partition coefficient (Wildman–Crippen LogP) is 2.25. The van der Waals surface area contributed by atoms with Gasteiger partial charge in [-0.2, -0.15) is 13.2 Å². The van der Waals surface area contributed by atoms with Gasteiger partial charge >= 0.3 is 6.18 Å². The third-order valence-electron chi connectivity index (χ3n) is 3.32. The molecule has 2 rings (SSSR count). The number of fused-ring (bicyclic) bond motifs is 1. The lowest BCUT2D eigenvalue weighted by atomic mass is 10.1. The molecule has 0 aromatic carbocycles. The Kier molecular flexibility index (Phi) is 4.90. The number of aliphatic hydroxyl groups excluding tert-OH is 1. The standard InChI is InChI=1S/C13H16F3NO3S/c1-2-8(11(18)13(14,15)16)17-12(19)10-5-7-6-20-4-3-9(7)21-10/h5,8,11,18H,2-4,6H2,1H3,(H,17,19). The molecule has 0 fully saturated rings. The van der Waals surface area contributed by atoms with Crippen molar-refractivity contribution in [3.63, 3.8) is 0 Å². The average Bonchev–Trinajstić information content (AvgIpc) is 2.86. The molecule has 2 unspecified atom stereocenters. The number of amides is 1. The molecule has 0 bridgehead atoms. The summed E-state index contributed by atoms with van der Waals surface area (Å²) in [5, 5.41) is 11.5. The van der Waals surface area contributed by atoms with Gasteiger partial charge in [0.05, 0.1) is 24.1 Å². The summed E-state index contributed by atoms with van der Waals surface area (Å²) < 4.78 is 42.8. The number of carbonyl (C=O) groups excluding carboxylic acids is 1.